The van der Waals surface area contributed by atoms with E-state index in [1.807, 2.05) is 24.4 Å². The maximum atomic E-state index is 5.88. The van der Waals surface area contributed by atoms with E-state index in [9.17, 15) is 0 Å². The van der Waals surface area contributed by atoms with Crippen molar-refractivity contribution in [1.29, 1.82) is 0 Å². The van der Waals surface area contributed by atoms with Crippen molar-refractivity contribution in [3.63, 3.8) is 0 Å². The lowest BCUT2D eigenvalue weighted by atomic mass is 10.1. The van der Waals surface area contributed by atoms with Crippen LogP contribution < -0.4 is 5.73 Å². The van der Waals surface area contributed by atoms with Gasteiger partial charge in [0.1, 0.15) is 0 Å². The van der Waals surface area contributed by atoms with Crippen LogP contribution in [0.5, 0.6) is 0 Å². The Morgan fingerprint density at radius 2 is 2.33 bits per heavy atom. The number of nitrogens with two attached hydrogens (primary N) is 1. The molecule has 0 aliphatic carbocycles. The van der Waals surface area contributed by atoms with Crippen molar-refractivity contribution in [2.75, 3.05) is 13.6 Å². The van der Waals surface area contributed by atoms with Gasteiger partial charge in [-0.15, -0.1) is 11.3 Å². The first-order valence-corrected chi connectivity index (χ1v) is 7.42. The second-order valence-electron chi connectivity index (χ2n) is 4.18. The van der Waals surface area contributed by atoms with Crippen LogP contribution in [0.2, 0.25) is 0 Å². The summed E-state index contributed by atoms with van der Waals surface area (Å²) in [5.41, 5.74) is 8.20. The number of hydrogen-bond acceptors (Lipinski definition) is 4. The minimum atomic E-state index is 0.157. The summed E-state index contributed by atoms with van der Waals surface area (Å²) >= 11 is 5.19. The van der Waals surface area contributed by atoms with Crippen molar-refractivity contribution in [3.8, 4) is 0 Å². The van der Waals surface area contributed by atoms with Crippen molar-refractivity contribution >= 4 is 27.3 Å². The van der Waals surface area contributed by atoms with E-state index in [1.54, 1.807) is 11.3 Å². The van der Waals surface area contributed by atoms with Crippen molar-refractivity contribution in [2.45, 2.75) is 12.6 Å². The molecule has 0 saturated carbocycles. The zero-order valence-corrected chi connectivity index (χ0v) is 12.6. The Kier molecular flexibility index (Phi) is 4.88. The fourth-order valence-corrected chi connectivity index (χ4v) is 3.13. The predicted octanol–water partition coefficient (Wildman–Crippen LogP) is 3.04. The summed E-state index contributed by atoms with van der Waals surface area (Å²) in [6.45, 7) is 1.44. The molecule has 2 aromatic heterocycles. The van der Waals surface area contributed by atoms with E-state index in [1.165, 1.54) is 5.56 Å². The number of rotatable bonds is 5. The van der Waals surface area contributed by atoms with Crippen molar-refractivity contribution in [2.24, 2.45) is 5.73 Å². The molecular weight excluding hydrogens is 310 g/mol. The molecule has 2 heterocycles. The Hall–Kier alpha value is -0.750. The molecule has 18 heavy (non-hydrogen) atoms. The van der Waals surface area contributed by atoms with Crippen LogP contribution in [0.4, 0.5) is 0 Å². The molecule has 3 nitrogen and oxygen atoms in total. The third-order valence-corrected chi connectivity index (χ3v) is 4.39. The standard InChI is InChI=1S/C13H16BrN3S/c1-17(8-10-6-13(14)18-9-10)12(7-15)11-4-2-3-5-16-11/h2-6,9,12H,7-8,15H2,1H3. The van der Waals surface area contributed by atoms with Gasteiger partial charge in [-0.2, -0.15) is 0 Å². The Labute approximate surface area is 120 Å². The minimum absolute atomic E-state index is 0.157. The lowest BCUT2D eigenvalue weighted by Crippen LogP contribution is -2.30. The monoisotopic (exact) mass is 325 g/mol. The first kappa shape index (κ1) is 13.7. The highest BCUT2D eigenvalue weighted by Crippen LogP contribution is 2.24. The van der Waals surface area contributed by atoms with Gasteiger partial charge in [0.25, 0.3) is 0 Å². The van der Waals surface area contributed by atoms with Crippen LogP contribution in [0, 0.1) is 0 Å². The molecule has 2 rings (SSSR count). The lowest BCUT2D eigenvalue weighted by Gasteiger charge is -2.26. The molecule has 0 amide bonds. The molecule has 0 spiro atoms. The van der Waals surface area contributed by atoms with Crippen molar-refractivity contribution in [1.82, 2.24) is 9.88 Å². The maximum absolute atomic E-state index is 5.88. The molecule has 0 fully saturated rings. The zero-order valence-electron chi connectivity index (χ0n) is 10.2. The highest BCUT2D eigenvalue weighted by atomic mass is 79.9. The molecule has 96 valence electrons. The van der Waals surface area contributed by atoms with E-state index < -0.39 is 0 Å². The average Bonchev–Trinajstić information content (AvgIpc) is 2.77. The number of pyridine rings is 1. The predicted molar refractivity (Wildman–Crippen MR) is 79.5 cm³/mol. The van der Waals surface area contributed by atoms with Gasteiger partial charge in [-0.3, -0.25) is 9.88 Å². The molecule has 0 bridgehead atoms. The number of thiophene rings is 1. The third kappa shape index (κ3) is 3.38. The molecule has 0 saturated heterocycles. The minimum Gasteiger partial charge on any atom is -0.329 e. The highest BCUT2D eigenvalue weighted by molar-refractivity contribution is 9.11. The maximum Gasteiger partial charge on any atom is 0.0701 e. The lowest BCUT2D eigenvalue weighted by molar-refractivity contribution is 0.237. The summed E-state index contributed by atoms with van der Waals surface area (Å²) in [7, 11) is 2.08. The first-order valence-electron chi connectivity index (χ1n) is 5.75. The van der Waals surface area contributed by atoms with Gasteiger partial charge in [-0.1, -0.05) is 6.07 Å². The number of nitrogens with zero attached hydrogens (tertiary/aromatic N) is 2. The fourth-order valence-electron chi connectivity index (χ4n) is 1.93. The van der Waals surface area contributed by atoms with Crippen LogP contribution in [0.1, 0.15) is 17.3 Å². The first-order chi connectivity index (χ1) is 8.70. The molecule has 5 heteroatoms. The summed E-state index contributed by atoms with van der Waals surface area (Å²) < 4.78 is 1.16. The quantitative estimate of drug-likeness (QED) is 0.918. The number of likely N-dealkylation sites (N-methyl/N-ethyl adjacent to an activating group) is 1. The van der Waals surface area contributed by atoms with Gasteiger partial charge in [0, 0.05) is 19.3 Å². The van der Waals surface area contributed by atoms with E-state index in [2.05, 4.69) is 44.3 Å². The van der Waals surface area contributed by atoms with Gasteiger partial charge in [0.2, 0.25) is 0 Å². The van der Waals surface area contributed by atoms with Crippen LogP contribution in [0.3, 0.4) is 0 Å². The summed E-state index contributed by atoms with van der Waals surface area (Å²) in [6.07, 6.45) is 1.81. The van der Waals surface area contributed by atoms with Gasteiger partial charge in [-0.25, -0.2) is 0 Å². The average molecular weight is 326 g/mol. The van der Waals surface area contributed by atoms with Gasteiger partial charge >= 0.3 is 0 Å². The van der Waals surface area contributed by atoms with Crippen LogP contribution >= 0.6 is 27.3 Å². The Morgan fingerprint density at radius 1 is 1.50 bits per heavy atom. The summed E-state index contributed by atoms with van der Waals surface area (Å²) in [5, 5.41) is 2.16. The molecule has 0 radical (unpaired) electrons. The number of halogens is 1. The topological polar surface area (TPSA) is 42.1 Å². The second-order valence-corrected chi connectivity index (χ2v) is 6.47. The zero-order chi connectivity index (χ0) is 13.0. The highest BCUT2D eigenvalue weighted by Gasteiger charge is 2.16. The normalized spacial score (nSPS) is 12.9. The Morgan fingerprint density at radius 3 is 2.89 bits per heavy atom. The van der Waals surface area contributed by atoms with Crippen LogP contribution in [0.15, 0.2) is 39.6 Å². The molecule has 2 aromatic rings. The van der Waals surface area contributed by atoms with E-state index in [0.29, 0.717) is 6.54 Å². The van der Waals surface area contributed by atoms with Crippen molar-refractivity contribution < 1.29 is 0 Å². The number of aromatic nitrogens is 1. The van der Waals surface area contributed by atoms with Gasteiger partial charge < -0.3 is 5.73 Å². The SMILES string of the molecule is CN(Cc1csc(Br)c1)C(CN)c1ccccn1. The smallest absolute Gasteiger partial charge is 0.0701 e. The van der Waals surface area contributed by atoms with Crippen LogP contribution in [0.25, 0.3) is 0 Å². The molecule has 2 N–H and O–H groups in total. The molecule has 1 unspecified atom stereocenters. The molecule has 0 aliphatic rings. The number of hydrogen-bond donors (Lipinski definition) is 1. The van der Waals surface area contributed by atoms with E-state index in [4.69, 9.17) is 5.73 Å². The Balaban J connectivity index is 2.08. The third-order valence-electron chi connectivity index (χ3n) is 2.84. The second kappa shape index (κ2) is 6.43. The van der Waals surface area contributed by atoms with Gasteiger partial charge in [0.05, 0.1) is 15.5 Å². The fraction of sp³-hybridized carbons (Fsp3) is 0.308. The molecule has 0 aromatic carbocycles. The molecule has 0 aliphatic heterocycles. The van der Waals surface area contributed by atoms with Crippen LogP contribution in [-0.2, 0) is 6.54 Å². The van der Waals surface area contributed by atoms with E-state index in [-0.39, 0.29) is 6.04 Å². The summed E-state index contributed by atoms with van der Waals surface area (Å²) in [6, 6.07) is 8.25. The van der Waals surface area contributed by atoms with E-state index in [0.717, 1.165) is 16.0 Å². The summed E-state index contributed by atoms with van der Waals surface area (Å²) in [4.78, 5) is 6.62. The largest absolute Gasteiger partial charge is 0.329 e. The van der Waals surface area contributed by atoms with Crippen LogP contribution in [-0.4, -0.2) is 23.5 Å². The van der Waals surface area contributed by atoms with Crippen molar-refractivity contribution in [3.05, 3.63) is 50.9 Å². The van der Waals surface area contributed by atoms with E-state index >= 15 is 0 Å². The van der Waals surface area contributed by atoms with Gasteiger partial charge in [-0.05, 0) is 52.1 Å². The molecular formula is C13H16BrN3S. The Bertz CT molecular complexity index is 486. The molecule has 1 atom stereocenters. The summed E-state index contributed by atoms with van der Waals surface area (Å²) in [5.74, 6) is 0. The van der Waals surface area contributed by atoms with Gasteiger partial charge in [0.15, 0.2) is 0 Å².